The Labute approximate surface area is 74.7 Å². The molecule has 1 nitrogen and oxygen atoms in total. The van der Waals surface area contributed by atoms with Crippen LogP contribution in [0.25, 0.3) is 0 Å². The van der Waals surface area contributed by atoms with E-state index in [1.54, 1.807) is 0 Å². The molecule has 0 aromatic carbocycles. The fraction of sp³-hybridized carbons (Fsp3) is 1.00. The van der Waals surface area contributed by atoms with Gasteiger partial charge in [-0.1, -0.05) is 6.92 Å². The molecule has 68 valence electrons. The van der Waals surface area contributed by atoms with Crippen molar-refractivity contribution in [2.45, 2.75) is 45.1 Å². The SMILES string of the molecule is CC12C[C@H]3CC1[C@H](C[C@@H](N)C3)C2. The Hall–Kier alpha value is -0.0400. The normalized spacial score (nSPS) is 62.5. The van der Waals surface area contributed by atoms with E-state index in [1.807, 2.05) is 0 Å². The summed E-state index contributed by atoms with van der Waals surface area (Å²) in [5, 5.41) is 0. The second-order valence-electron chi connectivity index (χ2n) is 5.76. The molecule has 3 aliphatic rings. The van der Waals surface area contributed by atoms with Gasteiger partial charge in [0, 0.05) is 6.04 Å². The van der Waals surface area contributed by atoms with E-state index >= 15 is 0 Å². The van der Waals surface area contributed by atoms with Crippen LogP contribution < -0.4 is 5.73 Å². The van der Waals surface area contributed by atoms with E-state index < -0.39 is 0 Å². The van der Waals surface area contributed by atoms with Gasteiger partial charge in [-0.15, -0.1) is 0 Å². The van der Waals surface area contributed by atoms with Crippen molar-refractivity contribution in [1.82, 2.24) is 0 Å². The predicted molar refractivity (Wildman–Crippen MR) is 49.6 cm³/mol. The van der Waals surface area contributed by atoms with Crippen LogP contribution in [0.4, 0.5) is 0 Å². The lowest BCUT2D eigenvalue weighted by molar-refractivity contribution is -0.00905. The lowest BCUT2D eigenvalue weighted by Crippen LogP contribution is -2.45. The van der Waals surface area contributed by atoms with Gasteiger partial charge in [-0.05, 0) is 55.3 Å². The molecule has 2 bridgehead atoms. The van der Waals surface area contributed by atoms with Crippen LogP contribution in [0.1, 0.15) is 39.0 Å². The van der Waals surface area contributed by atoms with Crippen molar-refractivity contribution in [2.24, 2.45) is 28.9 Å². The average molecular weight is 165 g/mol. The van der Waals surface area contributed by atoms with Crippen LogP contribution >= 0.6 is 0 Å². The number of hydrogen-bond donors (Lipinski definition) is 1. The van der Waals surface area contributed by atoms with Gasteiger partial charge in [0.2, 0.25) is 0 Å². The summed E-state index contributed by atoms with van der Waals surface area (Å²) >= 11 is 0. The summed E-state index contributed by atoms with van der Waals surface area (Å²) in [7, 11) is 0. The van der Waals surface area contributed by atoms with Crippen molar-refractivity contribution in [3.8, 4) is 0 Å². The third-order valence-electron chi connectivity index (χ3n) is 4.78. The minimum absolute atomic E-state index is 0.537. The van der Waals surface area contributed by atoms with E-state index in [-0.39, 0.29) is 0 Å². The van der Waals surface area contributed by atoms with Crippen LogP contribution in [-0.4, -0.2) is 6.04 Å². The van der Waals surface area contributed by atoms with Crippen molar-refractivity contribution in [2.75, 3.05) is 0 Å². The van der Waals surface area contributed by atoms with Gasteiger partial charge in [0.1, 0.15) is 0 Å². The van der Waals surface area contributed by atoms with E-state index in [9.17, 15) is 0 Å². The molecule has 0 aromatic heterocycles. The van der Waals surface area contributed by atoms with E-state index in [2.05, 4.69) is 6.92 Å². The lowest BCUT2D eigenvalue weighted by atomic mass is 9.54. The van der Waals surface area contributed by atoms with E-state index in [0.29, 0.717) is 6.04 Å². The molecular formula is C11H19N. The number of fused-ring (bicyclic) bond motifs is 1. The first kappa shape index (κ1) is 7.37. The molecule has 0 amide bonds. The van der Waals surface area contributed by atoms with Gasteiger partial charge in [0.05, 0.1) is 0 Å². The highest BCUT2D eigenvalue weighted by atomic mass is 14.7. The molecule has 5 atom stereocenters. The monoisotopic (exact) mass is 165 g/mol. The molecular weight excluding hydrogens is 146 g/mol. The maximum Gasteiger partial charge on any atom is 0.00442 e. The highest BCUT2D eigenvalue weighted by molar-refractivity contribution is 5.08. The van der Waals surface area contributed by atoms with Crippen LogP contribution in [0.3, 0.4) is 0 Å². The summed E-state index contributed by atoms with van der Waals surface area (Å²) in [5.74, 6) is 3.07. The summed E-state index contributed by atoms with van der Waals surface area (Å²) in [4.78, 5) is 0. The maximum atomic E-state index is 6.08. The Morgan fingerprint density at radius 3 is 2.83 bits per heavy atom. The minimum atomic E-state index is 0.537. The predicted octanol–water partition coefficient (Wildman–Crippen LogP) is 2.16. The second-order valence-corrected chi connectivity index (χ2v) is 5.76. The molecule has 12 heavy (non-hydrogen) atoms. The first-order valence-electron chi connectivity index (χ1n) is 5.43. The molecule has 0 saturated heterocycles. The topological polar surface area (TPSA) is 26.0 Å². The standard InChI is InChI=1S/C11H19N/c1-11-5-7-2-9(12)4-8(6-11)10(11)3-7/h7-10H,2-6,12H2,1H3/t7-,8-,9+,10?,11?/m1/s1. The van der Waals surface area contributed by atoms with Crippen molar-refractivity contribution in [3.05, 3.63) is 0 Å². The van der Waals surface area contributed by atoms with Gasteiger partial charge in [0.15, 0.2) is 0 Å². The molecule has 3 aliphatic carbocycles. The molecule has 3 rings (SSSR count). The van der Waals surface area contributed by atoms with E-state index in [0.717, 1.165) is 23.2 Å². The number of rotatable bonds is 0. The maximum absolute atomic E-state index is 6.08. The molecule has 2 unspecified atom stereocenters. The Bertz CT molecular complexity index is 207. The molecule has 3 fully saturated rings. The minimum Gasteiger partial charge on any atom is -0.328 e. The second kappa shape index (κ2) is 2.06. The van der Waals surface area contributed by atoms with Crippen LogP contribution in [0.5, 0.6) is 0 Å². The quantitative estimate of drug-likeness (QED) is 0.585. The van der Waals surface area contributed by atoms with Gasteiger partial charge in [-0.2, -0.15) is 0 Å². The number of nitrogens with two attached hydrogens (primary N) is 1. The van der Waals surface area contributed by atoms with Gasteiger partial charge >= 0.3 is 0 Å². The Kier molecular flexibility index (Phi) is 1.27. The summed E-state index contributed by atoms with van der Waals surface area (Å²) in [6, 6.07) is 0.537. The van der Waals surface area contributed by atoms with Crippen molar-refractivity contribution in [1.29, 1.82) is 0 Å². The average Bonchev–Trinajstić information content (AvgIpc) is 2.09. The summed E-state index contributed by atoms with van der Waals surface area (Å²) in [5.41, 5.74) is 6.84. The summed E-state index contributed by atoms with van der Waals surface area (Å²) in [6.07, 6.45) is 7.14. The largest absolute Gasteiger partial charge is 0.328 e. The third-order valence-corrected chi connectivity index (χ3v) is 4.78. The molecule has 0 heterocycles. The first-order chi connectivity index (χ1) is 5.67. The third kappa shape index (κ3) is 0.783. The Balaban J connectivity index is 1.88. The smallest absolute Gasteiger partial charge is 0.00442 e. The molecule has 0 spiro atoms. The molecule has 0 aliphatic heterocycles. The zero-order valence-electron chi connectivity index (χ0n) is 7.92. The van der Waals surface area contributed by atoms with Crippen molar-refractivity contribution in [3.63, 3.8) is 0 Å². The fourth-order valence-corrected chi connectivity index (χ4v) is 4.46. The fourth-order valence-electron chi connectivity index (χ4n) is 4.46. The number of hydrogen-bond acceptors (Lipinski definition) is 1. The molecule has 1 heteroatoms. The molecule has 2 N–H and O–H groups in total. The van der Waals surface area contributed by atoms with Crippen molar-refractivity contribution >= 4 is 0 Å². The molecule has 0 radical (unpaired) electrons. The molecule has 3 saturated carbocycles. The van der Waals surface area contributed by atoms with Crippen LogP contribution in [0.15, 0.2) is 0 Å². The highest BCUT2D eigenvalue weighted by Crippen LogP contribution is 2.65. The van der Waals surface area contributed by atoms with Crippen LogP contribution in [-0.2, 0) is 0 Å². The highest BCUT2D eigenvalue weighted by Gasteiger charge is 2.57. The van der Waals surface area contributed by atoms with Gasteiger partial charge in [-0.3, -0.25) is 0 Å². The van der Waals surface area contributed by atoms with Crippen LogP contribution in [0, 0.1) is 23.2 Å². The Morgan fingerprint density at radius 2 is 2.00 bits per heavy atom. The van der Waals surface area contributed by atoms with Gasteiger partial charge < -0.3 is 5.73 Å². The van der Waals surface area contributed by atoms with E-state index in [4.69, 9.17) is 5.73 Å². The first-order valence-corrected chi connectivity index (χ1v) is 5.43. The van der Waals surface area contributed by atoms with E-state index in [1.165, 1.54) is 32.1 Å². The van der Waals surface area contributed by atoms with Gasteiger partial charge in [0.25, 0.3) is 0 Å². The molecule has 0 aromatic rings. The van der Waals surface area contributed by atoms with Crippen LogP contribution in [0.2, 0.25) is 0 Å². The zero-order valence-corrected chi connectivity index (χ0v) is 7.92. The lowest BCUT2D eigenvalue weighted by Gasteiger charge is -2.51. The van der Waals surface area contributed by atoms with Gasteiger partial charge in [-0.25, -0.2) is 0 Å². The van der Waals surface area contributed by atoms with Crippen molar-refractivity contribution < 1.29 is 0 Å². The zero-order chi connectivity index (χ0) is 8.34. The Morgan fingerprint density at radius 1 is 1.17 bits per heavy atom. The summed E-state index contributed by atoms with van der Waals surface area (Å²) in [6.45, 7) is 2.50. The summed E-state index contributed by atoms with van der Waals surface area (Å²) < 4.78 is 0.